The Balaban J connectivity index is 1.37. The van der Waals surface area contributed by atoms with E-state index in [2.05, 4.69) is 32.5 Å². The monoisotopic (exact) mass is 403 g/mol. The fourth-order valence-electron chi connectivity index (χ4n) is 3.40. The Morgan fingerprint density at radius 3 is 2.47 bits per heavy atom. The summed E-state index contributed by atoms with van der Waals surface area (Å²) in [7, 11) is 0. The Morgan fingerprint density at radius 2 is 1.77 bits per heavy atom. The maximum atomic E-state index is 11.9. The fourth-order valence-corrected chi connectivity index (χ4v) is 3.40. The number of hydrogen-bond acceptors (Lipinski definition) is 5. The molecule has 0 saturated carbocycles. The summed E-state index contributed by atoms with van der Waals surface area (Å²) in [5.74, 6) is 1.04. The van der Waals surface area contributed by atoms with Crippen molar-refractivity contribution in [3.63, 3.8) is 0 Å². The molecule has 2 aromatic carbocycles. The van der Waals surface area contributed by atoms with Gasteiger partial charge < -0.3 is 19.6 Å². The van der Waals surface area contributed by atoms with Crippen molar-refractivity contribution in [3.05, 3.63) is 66.1 Å². The molecule has 3 aromatic rings. The van der Waals surface area contributed by atoms with E-state index in [0.717, 1.165) is 43.0 Å². The van der Waals surface area contributed by atoms with Gasteiger partial charge in [0.1, 0.15) is 0 Å². The molecule has 154 valence electrons. The summed E-state index contributed by atoms with van der Waals surface area (Å²) in [4.78, 5) is 20.5. The zero-order valence-electron chi connectivity index (χ0n) is 17.0. The van der Waals surface area contributed by atoms with Crippen LogP contribution in [-0.4, -0.2) is 53.8 Å². The second kappa shape index (κ2) is 9.26. The van der Waals surface area contributed by atoms with Crippen molar-refractivity contribution >= 4 is 23.9 Å². The van der Waals surface area contributed by atoms with Gasteiger partial charge in [-0.15, -0.1) is 0 Å². The molecule has 7 nitrogen and oxygen atoms in total. The number of amides is 2. The van der Waals surface area contributed by atoms with Gasteiger partial charge in [-0.05, 0) is 42.8 Å². The van der Waals surface area contributed by atoms with Crippen LogP contribution in [0.4, 0.5) is 10.5 Å². The quantitative estimate of drug-likeness (QED) is 0.702. The van der Waals surface area contributed by atoms with Crippen LogP contribution in [-0.2, 0) is 0 Å². The average Bonchev–Trinajstić information content (AvgIpc) is 3.28. The van der Waals surface area contributed by atoms with Gasteiger partial charge in [-0.3, -0.25) is 0 Å². The number of piperazine rings is 1. The molecule has 1 aliphatic heterocycles. The molecule has 30 heavy (non-hydrogen) atoms. The van der Waals surface area contributed by atoms with E-state index >= 15 is 0 Å². The van der Waals surface area contributed by atoms with Crippen molar-refractivity contribution in [1.82, 2.24) is 20.4 Å². The van der Waals surface area contributed by atoms with E-state index in [0.29, 0.717) is 18.3 Å². The molecule has 0 unspecified atom stereocenters. The van der Waals surface area contributed by atoms with Crippen molar-refractivity contribution in [2.24, 2.45) is 0 Å². The van der Waals surface area contributed by atoms with Crippen molar-refractivity contribution in [1.29, 1.82) is 0 Å². The topological polar surface area (TPSA) is 74.5 Å². The number of nitrogens with zero attached hydrogens (tertiary/aromatic N) is 4. The van der Waals surface area contributed by atoms with Crippen LogP contribution in [0.1, 0.15) is 18.4 Å². The first-order valence-corrected chi connectivity index (χ1v) is 10.2. The summed E-state index contributed by atoms with van der Waals surface area (Å²) in [5, 5.41) is 6.94. The van der Waals surface area contributed by atoms with E-state index in [4.69, 9.17) is 4.52 Å². The number of nitrogens with one attached hydrogen (secondary N) is 1. The number of benzene rings is 2. The fraction of sp³-hybridized carbons (Fsp3) is 0.261. The molecule has 0 radical (unpaired) electrons. The van der Waals surface area contributed by atoms with E-state index in [1.165, 1.54) is 0 Å². The van der Waals surface area contributed by atoms with Gasteiger partial charge in [0.05, 0.1) is 0 Å². The van der Waals surface area contributed by atoms with Gasteiger partial charge in [0, 0.05) is 50.1 Å². The third-order valence-electron chi connectivity index (χ3n) is 5.05. The first-order chi connectivity index (χ1) is 14.7. The number of urea groups is 1. The lowest BCUT2D eigenvalue weighted by Crippen LogP contribution is -2.51. The van der Waals surface area contributed by atoms with Crippen molar-refractivity contribution < 1.29 is 9.32 Å². The van der Waals surface area contributed by atoms with Gasteiger partial charge >= 0.3 is 6.03 Å². The highest BCUT2D eigenvalue weighted by atomic mass is 16.5. The largest absolute Gasteiger partial charge is 0.368 e. The van der Waals surface area contributed by atoms with Gasteiger partial charge in [0.25, 0.3) is 5.89 Å². The molecule has 0 bridgehead atoms. The summed E-state index contributed by atoms with van der Waals surface area (Å²) >= 11 is 0. The van der Waals surface area contributed by atoms with E-state index in [1.54, 1.807) is 0 Å². The molecular formula is C23H25N5O2. The van der Waals surface area contributed by atoms with E-state index < -0.39 is 0 Å². The molecular weight excluding hydrogens is 378 g/mol. The van der Waals surface area contributed by atoms with Crippen LogP contribution in [0.5, 0.6) is 0 Å². The zero-order chi connectivity index (χ0) is 20.8. The molecule has 1 N–H and O–H groups in total. The van der Waals surface area contributed by atoms with Gasteiger partial charge in [0.15, 0.2) is 0 Å². The number of hydrogen-bond donors (Lipinski definition) is 1. The molecule has 1 aromatic heterocycles. The maximum absolute atomic E-state index is 11.9. The molecule has 1 aliphatic rings. The maximum Gasteiger partial charge on any atom is 0.317 e. The first-order valence-electron chi connectivity index (χ1n) is 10.2. The van der Waals surface area contributed by atoms with Crippen LogP contribution in [0.15, 0.2) is 59.1 Å². The lowest BCUT2D eigenvalue weighted by Gasteiger charge is -2.36. The highest BCUT2D eigenvalue weighted by Gasteiger charge is 2.20. The van der Waals surface area contributed by atoms with E-state index in [1.807, 2.05) is 66.4 Å². The summed E-state index contributed by atoms with van der Waals surface area (Å²) in [6.45, 7) is 5.65. The van der Waals surface area contributed by atoms with Crippen LogP contribution in [0, 0.1) is 0 Å². The summed E-state index contributed by atoms with van der Waals surface area (Å²) in [6.07, 6.45) is 3.76. The van der Waals surface area contributed by atoms with Gasteiger partial charge in [-0.1, -0.05) is 35.5 Å². The Bertz CT molecular complexity index is 990. The van der Waals surface area contributed by atoms with Crippen LogP contribution in [0.25, 0.3) is 23.5 Å². The highest BCUT2D eigenvalue weighted by molar-refractivity contribution is 5.74. The van der Waals surface area contributed by atoms with Crippen molar-refractivity contribution in [2.45, 2.75) is 6.92 Å². The van der Waals surface area contributed by atoms with Gasteiger partial charge in [0.2, 0.25) is 5.82 Å². The number of carbonyl (C=O) groups excluding carboxylic acids is 1. The molecule has 2 amide bonds. The summed E-state index contributed by atoms with van der Waals surface area (Å²) in [6, 6.07) is 18.1. The SMILES string of the molecule is CCNC(=O)N1CCN(c2ccc(-c3noc(/C=C/c4ccccc4)n3)cc2)CC1. The molecule has 7 heteroatoms. The predicted molar refractivity (Wildman–Crippen MR) is 118 cm³/mol. The van der Waals surface area contributed by atoms with E-state index in [9.17, 15) is 4.79 Å². The Morgan fingerprint density at radius 1 is 1.03 bits per heavy atom. The number of aromatic nitrogens is 2. The third-order valence-corrected chi connectivity index (χ3v) is 5.05. The predicted octanol–water partition coefficient (Wildman–Crippen LogP) is 3.76. The Labute approximate surface area is 176 Å². The molecule has 0 spiro atoms. The molecule has 0 atom stereocenters. The lowest BCUT2D eigenvalue weighted by molar-refractivity contribution is 0.195. The van der Waals surface area contributed by atoms with Gasteiger partial charge in [-0.2, -0.15) is 4.98 Å². The second-order valence-corrected chi connectivity index (χ2v) is 7.06. The van der Waals surface area contributed by atoms with Crippen LogP contribution in [0.3, 0.4) is 0 Å². The molecule has 4 rings (SSSR count). The highest BCUT2D eigenvalue weighted by Crippen LogP contribution is 2.22. The summed E-state index contributed by atoms with van der Waals surface area (Å²) in [5.41, 5.74) is 3.11. The minimum Gasteiger partial charge on any atom is -0.368 e. The lowest BCUT2D eigenvalue weighted by atomic mass is 10.1. The Kier molecular flexibility index (Phi) is 6.08. The normalized spacial score (nSPS) is 14.3. The number of rotatable bonds is 5. The second-order valence-electron chi connectivity index (χ2n) is 7.06. The van der Waals surface area contributed by atoms with Gasteiger partial charge in [-0.25, -0.2) is 4.79 Å². The van der Waals surface area contributed by atoms with Crippen LogP contribution in [0.2, 0.25) is 0 Å². The smallest absolute Gasteiger partial charge is 0.317 e. The molecule has 2 heterocycles. The molecule has 0 aliphatic carbocycles. The Hall–Kier alpha value is -3.61. The van der Waals surface area contributed by atoms with Crippen molar-refractivity contribution in [3.8, 4) is 11.4 Å². The van der Waals surface area contributed by atoms with Crippen molar-refractivity contribution in [2.75, 3.05) is 37.6 Å². The van der Waals surface area contributed by atoms with Crippen LogP contribution >= 0.6 is 0 Å². The van der Waals surface area contributed by atoms with Crippen LogP contribution < -0.4 is 10.2 Å². The first kappa shape index (κ1) is 19.7. The molecule has 1 fully saturated rings. The summed E-state index contributed by atoms with van der Waals surface area (Å²) < 4.78 is 5.34. The zero-order valence-corrected chi connectivity index (χ0v) is 17.0. The number of carbonyl (C=O) groups is 1. The third kappa shape index (κ3) is 4.68. The average molecular weight is 403 g/mol. The number of anilines is 1. The van der Waals surface area contributed by atoms with E-state index in [-0.39, 0.29) is 6.03 Å². The minimum atomic E-state index is 0.0155. The molecule has 1 saturated heterocycles. The minimum absolute atomic E-state index is 0.0155. The standard InChI is InChI=1S/C23H25N5O2/c1-2-24-23(29)28-16-14-27(15-17-28)20-11-9-19(10-12-20)22-25-21(30-26-22)13-8-18-6-4-3-5-7-18/h3-13H,2,14-17H2,1H3,(H,24,29)/b13-8+.